The van der Waals surface area contributed by atoms with Crippen LogP contribution in [0.5, 0.6) is 0 Å². The van der Waals surface area contributed by atoms with Gasteiger partial charge in [0.25, 0.3) is 10.1 Å². The van der Waals surface area contributed by atoms with Gasteiger partial charge in [-0.05, 0) is 24.1 Å². The fourth-order valence-corrected chi connectivity index (χ4v) is 3.55. The molecule has 0 saturated carbocycles. The zero-order valence-corrected chi connectivity index (χ0v) is 12.5. The molecule has 0 saturated heterocycles. The van der Waals surface area contributed by atoms with Gasteiger partial charge in [-0.25, -0.2) is 8.42 Å². The standard InChI is InChI=1S/C11H15NO7S2/c12-10(11(13)14)4-5-20(15,16)7-8-2-1-3-9(6-8)21(17,18)19/h1-3,6,10H,4-5,7,12H2,(H,13,14)(H,17,18,19)/t10-/m0/s1. The van der Waals surface area contributed by atoms with Crippen LogP contribution >= 0.6 is 0 Å². The molecule has 0 fully saturated rings. The molecule has 1 atom stereocenters. The summed E-state index contributed by atoms with van der Waals surface area (Å²) in [4.78, 5) is 10.1. The van der Waals surface area contributed by atoms with Crippen molar-refractivity contribution < 1.29 is 31.3 Å². The molecule has 8 nitrogen and oxygen atoms in total. The highest BCUT2D eigenvalue weighted by Gasteiger charge is 2.19. The SMILES string of the molecule is N[C@@H](CCS(=O)(=O)Cc1cccc(S(=O)(=O)O)c1)C(=O)O. The third-order valence-corrected chi connectivity index (χ3v) is 5.12. The number of aliphatic carboxylic acids is 1. The van der Waals surface area contributed by atoms with Gasteiger partial charge in [0.15, 0.2) is 9.84 Å². The van der Waals surface area contributed by atoms with Gasteiger partial charge in [-0.1, -0.05) is 12.1 Å². The lowest BCUT2D eigenvalue weighted by Gasteiger charge is -2.08. The molecule has 0 heterocycles. The molecule has 0 spiro atoms. The second-order valence-corrected chi connectivity index (χ2v) is 8.05. The minimum atomic E-state index is -4.41. The van der Waals surface area contributed by atoms with Gasteiger partial charge in [-0.3, -0.25) is 9.35 Å². The molecular formula is C11H15NO7S2. The van der Waals surface area contributed by atoms with E-state index in [-0.39, 0.29) is 12.0 Å². The van der Waals surface area contributed by atoms with Crippen LogP contribution in [-0.2, 0) is 30.5 Å². The van der Waals surface area contributed by atoms with Crippen molar-refractivity contribution >= 4 is 25.9 Å². The molecule has 0 radical (unpaired) electrons. The van der Waals surface area contributed by atoms with Crippen molar-refractivity contribution in [3.8, 4) is 0 Å². The van der Waals surface area contributed by atoms with E-state index >= 15 is 0 Å². The van der Waals surface area contributed by atoms with Crippen molar-refractivity contribution in [2.45, 2.75) is 23.1 Å². The summed E-state index contributed by atoms with van der Waals surface area (Å²) < 4.78 is 54.5. The van der Waals surface area contributed by atoms with Crippen molar-refractivity contribution in [3.05, 3.63) is 29.8 Å². The summed E-state index contributed by atoms with van der Waals surface area (Å²) in [5.41, 5.74) is 5.40. The Bertz CT molecular complexity index is 725. The molecule has 21 heavy (non-hydrogen) atoms. The number of benzene rings is 1. The number of nitrogens with two attached hydrogens (primary N) is 1. The summed E-state index contributed by atoms with van der Waals surface area (Å²) in [5.74, 6) is -2.20. The van der Waals surface area contributed by atoms with E-state index in [9.17, 15) is 21.6 Å². The normalized spacial score (nSPS) is 13.8. The lowest BCUT2D eigenvalue weighted by atomic mass is 10.2. The quantitative estimate of drug-likeness (QED) is 0.571. The zero-order valence-electron chi connectivity index (χ0n) is 10.8. The number of hydrogen-bond acceptors (Lipinski definition) is 6. The van der Waals surface area contributed by atoms with Crippen molar-refractivity contribution in [3.63, 3.8) is 0 Å². The highest BCUT2D eigenvalue weighted by Crippen LogP contribution is 2.14. The molecule has 1 rings (SSSR count). The summed E-state index contributed by atoms with van der Waals surface area (Å²) >= 11 is 0. The smallest absolute Gasteiger partial charge is 0.320 e. The largest absolute Gasteiger partial charge is 0.480 e. The van der Waals surface area contributed by atoms with Crippen molar-refractivity contribution in [2.24, 2.45) is 5.73 Å². The molecule has 1 aromatic rings. The van der Waals surface area contributed by atoms with Gasteiger partial charge in [0, 0.05) is 0 Å². The minimum absolute atomic E-state index is 0.175. The number of carbonyl (C=O) groups is 1. The monoisotopic (exact) mass is 337 g/mol. The maximum Gasteiger partial charge on any atom is 0.320 e. The third kappa shape index (κ3) is 5.79. The average Bonchev–Trinajstić information content (AvgIpc) is 2.34. The van der Waals surface area contributed by atoms with Crippen LogP contribution in [0, 0.1) is 0 Å². The van der Waals surface area contributed by atoms with E-state index in [0.29, 0.717) is 0 Å². The number of sulfone groups is 1. The second kappa shape index (κ2) is 6.52. The molecule has 0 aliphatic heterocycles. The lowest BCUT2D eigenvalue weighted by molar-refractivity contribution is -0.138. The summed E-state index contributed by atoms with van der Waals surface area (Å²) in [5, 5.41) is 8.58. The van der Waals surface area contributed by atoms with Crippen molar-refractivity contribution in [1.82, 2.24) is 0 Å². The van der Waals surface area contributed by atoms with Gasteiger partial charge < -0.3 is 10.8 Å². The fraction of sp³-hybridized carbons (Fsp3) is 0.364. The van der Waals surface area contributed by atoms with Crippen LogP contribution in [-0.4, -0.2) is 44.3 Å². The Labute approximate surface area is 122 Å². The molecule has 0 amide bonds. The predicted molar refractivity (Wildman–Crippen MR) is 74.0 cm³/mol. The Balaban J connectivity index is 2.83. The lowest BCUT2D eigenvalue weighted by Crippen LogP contribution is -2.32. The number of carboxylic acids is 1. The molecule has 10 heteroatoms. The van der Waals surface area contributed by atoms with E-state index in [0.717, 1.165) is 12.1 Å². The maximum atomic E-state index is 11.8. The predicted octanol–water partition coefficient (Wildman–Crippen LogP) is -0.350. The van der Waals surface area contributed by atoms with Gasteiger partial charge in [-0.2, -0.15) is 8.42 Å². The minimum Gasteiger partial charge on any atom is -0.480 e. The fourth-order valence-electron chi connectivity index (χ4n) is 1.55. The molecule has 0 unspecified atom stereocenters. The van der Waals surface area contributed by atoms with Crippen molar-refractivity contribution in [2.75, 3.05) is 5.75 Å². The molecule has 0 bridgehead atoms. The van der Waals surface area contributed by atoms with E-state index in [4.69, 9.17) is 15.4 Å². The number of hydrogen-bond donors (Lipinski definition) is 3. The Morgan fingerprint density at radius 2 is 1.86 bits per heavy atom. The summed E-state index contributed by atoms with van der Waals surface area (Å²) in [6, 6.07) is 3.60. The number of rotatable bonds is 7. The van der Waals surface area contributed by atoms with Gasteiger partial charge >= 0.3 is 5.97 Å². The summed E-state index contributed by atoms with van der Waals surface area (Å²) in [6.45, 7) is 0. The highest BCUT2D eigenvalue weighted by molar-refractivity contribution is 7.90. The van der Waals surface area contributed by atoms with Crippen LogP contribution in [0.1, 0.15) is 12.0 Å². The second-order valence-electron chi connectivity index (χ2n) is 4.45. The average molecular weight is 337 g/mol. The van der Waals surface area contributed by atoms with E-state index in [1.54, 1.807) is 0 Å². The first-order chi connectivity index (χ1) is 9.51. The zero-order chi connectivity index (χ0) is 16.3. The Morgan fingerprint density at radius 3 is 2.38 bits per heavy atom. The first-order valence-electron chi connectivity index (χ1n) is 5.76. The highest BCUT2D eigenvalue weighted by atomic mass is 32.2. The molecule has 118 valence electrons. The van der Waals surface area contributed by atoms with E-state index < -0.39 is 48.4 Å². The van der Waals surface area contributed by atoms with Gasteiger partial charge in [-0.15, -0.1) is 0 Å². The van der Waals surface area contributed by atoms with E-state index in [1.165, 1.54) is 12.1 Å². The molecular weight excluding hydrogens is 322 g/mol. The molecule has 0 aliphatic rings. The van der Waals surface area contributed by atoms with Crippen LogP contribution in [0.2, 0.25) is 0 Å². The van der Waals surface area contributed by atoms with Crippen LogP contribution in [0.25, 0.3) is 0 Å². The Morgan fingerprint density at radius 1 is 1.24 bits per heavy atom. The topological polar surface area (TPSA) is 152 Å². The van der Waals surface area contributed by atoms with Crippen LogP contribution < -0.4 is 5.73 Å². The Hall–Kier alpha value is -1.49. The van der Waals surface area contributed by atoms with E-state index in [2.05, 4.69) is 0 Å². The molecule has 0 aliphatic carbocycles. The molecule has 0 aromatic heterocycles. The summed E-state index contributed by atoms with van der Waals surface area (Å²) in [6.07, 6.45) is -0.240. The van der Waals surface area contributed by atoms with E-state index in [1.807, 2.05) is 0 Å². The number of carboxylic acid groups (broad SMARTS) is 1. The third-order valence-electron chi connectivity index (χ3n) is 2.64. The Kier molecular flexibility index (Phi) is 5.45. The molecule has 4 N–H and O–H groups in total. The first kappa shape index (κ1) is 17.6. The van der Waals surface area contributed by atoms with Gasteiger partial charge in [0.1, 0.15) is 6.04 Å². The van der Waals surface area contributed by atoms with Crippen LogP contribution in [0.4, 0.5) is 0 Å². The van der Waals surface area contributed by atoms with Gasteiger partial charge in [0.2, 0.25) is 0 Å². The maximum absolute atomic E-state index is 11.8. The van der Waals surface area contributed by atoms with Crippen molar-refractivity contribution in [1.29, 1.82) is 0 Å². The van der Waals surface area contributed by atoms with Crippen LogP contribution in [0.3, 0.4) is 0 Å². The van der Waals surface area contributed by atoms with Crippen LogP contribution in [0.15, 0.2) is 29.2 Å². The summed E-state index contributed by atoms with van der Waals surface area (Å²) in [7, 11) is -8.06. The molecule has 1 aromatic carbocycles. The first-order valence-corrected chi connectivity index (χ1v) is 9.03. The van der Waals surface area contributed by atoms with Gasteiger partial charge in [0.05, 0.1) is 16.4 Å².